The lowest BCUT2D eigenvalue weighted by atomic mass is 9.95. The van der Waals surface area contributed by atoms with Gasteiger partial charge in [-0.05, 0) is 13.3 Å². The minimum absolute atomic E-state index is 0.378. The number of aliphatic hydroxyl groups excluding tert-OH is 4. The lowest BCUT2D eigenvalue weighted by molar-refractivity contribution is -0.342. The number of nitrogens with one attached hydrogen (secondary N) is 1. The van der Waals surface area contributed by atoms with E-state index in [0.29, 0.717) is 6.42 Å². The maximum absolute atomic E-state index is 11.9. The summed E-state index contributed by atoms with van der Waals surface area (Å²) in [5, 5.41) is 52.7. The predicted octanol–water partition coefficient (Wildman–Crippen LogP) is -3.51. The van der Waals surface area contributed by atoms with E-state index in [0.717, 1.165) is 6.92 Å². The van der Waals surface area contributed by atoms with Crippen LogP contribution in [-0.2, 0) is 43.1 Å². The van der Waals surface area contributed by atoms with Crippen LogP contribution in [0.2, 0.25) is 0 Å². The van der Waals surface area contributed by atoms with Crippen molar-refractivity contribution >= 4 is 22.3 Å². The largest absolute Gasteiger partial charge is 0.479 e. The van der Waals surface area contributed by atoms with Gasteiger partial charge in [0, 0.05) is 6.92 Å². The second-order valence-electron chi connectivity index (χ2n) is 8.13. The number of ether oxygens (including phenoxy) is 4. The van der Waals surface area contributed by atoms with Crippen LogP contribution in [0.4, 0.5) is 0 Å². The van der Waals surface area contributed by atoms with Gasteiger partial charge in [0.25, 0.3) is 0 Å². The summed E-state index contributed by atoms with van der Waals surface area (Å²) in [5.41, 5.74) is 0. The summed E-state index contributed by atoms with van der Waals surface area (Å²) in [4.78, 5) is 23.5. The number of amides is 1. The molecule has 0 spiro atoms. The molecule has 2 rings (SSSR count). The predicted molar refractivity (Wildman–Crippen MR) is 110 cm³/mol. The normalized spacial score (nSPS) is 39.1. The molecule has 2 aliphatic heterocycles. The third kappa shape index (κ3) is 7.49. The summed E-state index contributed by atoms with van der Waals surface area (Å²) in [6.45, 7) is 3.51. The molecular weight excluding hydrogens is 502 g/mol. The summed E-state index contributed by atoms with van der Waals surface area (Å²) >= 11 is 0. The maximum Gasteiger partial charge on any atom is 0.397 e. The molecule has 0 aromatic carbocycles. The van der Waals surface area contributed by atoms with Crippen molar-refractivity contribution in [3.63, 3.8) is 0 Å². The zero-order valence-corrected chi connectivity index (χ0v) is 19.8. The zero-order chi connectivity index (χ0) is 26.7. The van der Waals surface area contributed by atoms with Crippen molar-refractivity contribution in [1.82, 2.24) is 5.32 Å². The summed E-state index contributed by atoms with van der Waals surface area (Å²) in [6.07, 6.45) is -16.8. The minimum Gasteiger partial charge on any atom is -0.479 e. The van der Waals surface area contributed by atoms with Gasteiger partial charge in [0.1, 0.15) is 36.6 Å². The highest BCUT2D eigenvalue weighted by Crippen LogP contribution is 2.32. The first-order valence-corrected chi connectivity index (χ1v) is 12.0. The Bertz CT molecular complexity index is 840. The van der Waals surface area contributed by atoms with Gasteiger partial charge in [-0.3, -0.25) is 9.35 Å². The van der Waals surface area contributed by atoms with Gasteiger partial charge < -0.3 is 49.8 Å². The van der Waals surface area contributed by atoms with Crippen LogP contribution in [0.25, 0.3) is 0 Å². The van der Waals surface area contributed by atoms with E-state index in [-0.39, 0.29) is 0 Å². The average Bonchev–Trinajstić information content (AvgIpc) is 2.75. The number of carbonyl (C=O) groups is 2. The highest BCUT2D eigenvalue weighted by Gasteiger charge is 2.55. The van der Waals surface area contributed by atoms with E-state index < -0.39 is 96.3 Å². The Morgan fingerprint density at radius 2 is 1.69 bits per heavy atom. The van der Waals surface area contributed by atoms with E-state index in [1.54, 1.807) is 13.8 Å². The fraction of sp³-hybridized carbons (Fsp3) is 0.889. The summed E-state index contributed by atoms with van der Waals surface area (Å²) in [7, 11) is -5.20. The fourth-order valence-electron chi connectivity index (χ4n) is 3.60. The Hall–Kier alpha value is -1.51. The Kier molecular flexibility index (Phi) is 10.3. The number of hydrogen-bond donors (Lipinski definition) is 7. The molecule has 1 amide bonds. The molecule has 1 unspecified atom stereocenters. The molecule has 0 saturated carbocycles. The molecule has 2 fully saturated rings. The number of aliphatic hydroxyl groups is 4. The second kappa shape index (κ2) is 12.2. The number of carboxylic acids is 1. The van der Waals surface area contributed by atoms with Crippen molar-refractivity contribution in [1.29, 1.82) is 0 Å². The van der Waals surface area contributed by atoms with E-state index >= 15 is 0 Å². The first-order valence-electron chi connectivity index (χ1n) is 10.6. The first-order chi connectivity index (χ1) is 16.2. The molecule has 11 atom stereocenters. The van der Waals surface area contributed by atoms with Crippen molar-refractivity contribution < 1.29 is 71.2 Å². The number of rotatable bonds is 10. The Morgan fingerprint density at radius 3 is 2.17 bits per heavy atom. The van der Waals surface area contributed by atoms with E-state index in [4.69, 9.17) is 23.5 Å². The van der Waals surface area contributed by atoms with Crippen LogP contribution in [-0.4, -0.2) is 124 Å². The number of carboxylic acid groups (broad SMARTS) is 1. The second-order valence-corrected chi connectivity index (χ2v) is 9.18. The van der Waals surface area contributed by atoms with Gasteiger partial charge in [-0.15, -0.1) is 0 Å². The van der Waals surface area contributed by atoms with Gasteiger partial charge in [-0.25, -0.2) is 8.98 Å². The SMILES string of the molecule is CCC(C)O[C@@H]1O[C@H](C(=O)O)[C@@H](O[C@H]2O[C@H](CO)[C@@H](O)[C@H](O)[C@H]2NC(C)=O)[C@H](O)[C@H]1OS(=O)(=O)O. The first kappa shape index (κ1) is 29.7. The van der Waals surface area contributed by atoms with Gasteiger partial charge in [-0.1, -0.05) is 6.92 Å². The van der Waals surface area contributed by atoms with Crippen molar-refractivity contribution in [2.75, 3.05) is 6.61 Å². The van der Waals surface area contributed by atoms with Crippen LogP contribution in [0.3, 0.4) is 0 Å². The average molecular weight is 534 g/mol. The number of aliphatic carboxylic acids is 1. The minimum atomic E-state index is -5.20. The standard InChI is InChI=1S/C18H31NO15S/c1-4-6(2)30-18-14(34-35(27,28)29)12(24)13(15(33-18)16(25)26)32-17-9(19-7(3)21)11(23)10(22)8(5-20)31-17/h6,8-15,17-18,20,22-24H,4-5H2,1-3H3,(H,19,21)(H,25,26)(H,27,28,29)/t6?,8-,9-,10-,11-,12+,13+,14-,15+,17-,18-/m1/s1. The molecule has 0 aliphatic carbocycles. The van der Waals surface area contributed by atoms with Gasteiger partial charge in [0.15, 0.2) is 24.8 Å². The molecule has 7 N–H and O–H groups in total. The van der Waals surface area contributed by atoms with Crippen LogP contribution >= 0.6 is 0 Å². The lowest BCUT2D eigenvalue weighted by Gasteiger charge is -2.47. The molecule has 2 heterocycles. The van der Waals surface area contributed by atoms with Crippen LogP contribution in [0.15, 0.2) is 0 Å². The van der Waals surface area contributed by atoms with Crippen LogP contribution in [0.5, 0.6) is 0 Å². The third-order valence-corrected chi connectivity index (χ3v) is 5.95. The summed E-state index contributed by atoms with van der Waals surface area (Å²) in [6, 6.07) is -1.51. The molecule has 35 heavy (non-hydrogen) atoms. The van der Waals surface area contributed by atoms with Gasteiger partial charge in [0.2, 0.25) is 5.91 Å². The summed E-state index contributed by atoms with van der Waals surface area (Å²) < 4.78 is 58.0. The van der Waals surface area contributed by atoms with Crippen molar-refractivity contribution in [2.24, 2.45) is 0 Å². The Morgan fingerprint density at radius 1 is 1.06 bits per heavy atom. The van der Waals surface area contributed by atoms with Crippen LogP contribution in [0.1, 0.15) is 27.2 Å². The lowest BCUT2D eigenvalue weighted by Crippen LogP contribution is -2.68. The smallest absolute Gasteiger partial charge is 0.397 e. The molecule has 204 valence electrons. The quantitative estimate of drug-likeness (QED) is 0.135. The van der Waals surface area contributed by atoms with Crippen LogP contribution < -0.4 is 5.32 Å². The van der Waals surface area contributed by atoms with E-state index in [1.165, 1.54) is 0 Å². The van der Waals surface area contributed by atoms with Crippen molar-refractivity contribution in [3.8, 4) is 0 Å². The van der Waals surface area contributed by atoms with E-state index in [1.807, 2.05) is 0 Å². The highest BCUT2D eigenvalue weighted by molar-refractivity contribution is 7.80. The highest BCUT2D eigenvalue weighted by atomic mass is 32.3. The molecule has 0 aromatic rings. The Labute approximate surface area is 200 Å². The Balaban J connectivity index is 2.42. The van der Waals surface area contributed by atoms with Crippen LogP contribution in [0, 0.1) is 0 Å². The molecule has 0 aromatic heterocycles. The molecule has 0 radical (unpaired) electrons. The number of hydrogen-bond acceptors (Lipinski definition) is 13. The van der Waals surface area contributed by atoms with Gasteiger partial charge in [0.05, 0.1) is 12.7 Å². The van der Waals surface area contributed by atoms with E-state index in [2.05, 4.69) is 9.50 Å². The maximum atomic E-state index is 11.9. The molecule has 2 saturated heterocycles. The molecule has 16 nitrogen and oxygen atoms in total. The fourth-order valence-corrected chi connectivity index (χ4v) is 4.08. The van der Waals surface area contributed by atoms with Crippen molar-refractivity contribution in [3.05, 3.63) is 0 Å². The molecule has 17 heteroatoms. The molecule has 0 bridgehead atoms. The topological polar surface area (TPSA) is 248 Å². The van der Waals surface area contributed by atoms with Gasteiger partial charge in [-0.2, -0.15) is 8.42 Å². The number of carbonyl (C=O) groups excluding carboxylic acids is 1. The monoisotopic (exact) mass is 533 g/mol. The zero-order valence-electron chi connectivity index (χ0n) is 19.0. The summed E-state index contributed by atoms with van der Waals surface area (Å²) in [5.74, 6) is -2.38. The molecular formula is C18H31NO15S. The third-order valence-electron chi connectivity index (χ3n) is 5.48. The van der Waals surface area contributed by atoms with Gasteiger partial charge >= 0.3 is 16.4 Å². The molecule has 2 aliphatic rings. The van der Waals surface area contributed by atoms with E-state index in [9.17, 15) is 43.5 Å². The van der Waals surface area contributed by atoms with Crippen molar-refractivity contribution in [2.45, 2.75) is 94.6 Å².